The van der Waals surface area contributed by atoms with Gasteiger partial charge in [-0.3, -0.25) is 9.10 Å². The first kappa shape index (κ1) is 23.0. The fourth-order valence-corrected chi connectivity index (χ4v) is 4.22. The average molecular weight is 456 g/mol. The quantitative estimate of drug-likeness (QED) is 0.416. The number of halogens is 1. The number of rotatable bonds is 8. The highest BCUT2D eigenvalue weighted by molar-refractivity contribution is 7.92. The van der Waals surface area contributed by atoms with Gasteiger partial charge in [-0.2, -0.15) is 5.10 Å². The second-order valence-electron chi connectivity index (χ2n) is 6.87. The van der Waals surface area contributed by atoms with E-state index >= 15 is 0 Å². The highest BCUT2D eigenvalue weighted by Crippen LogP contribution is 2.25. The van der Waals surface area contributed by atoms with E-state index in [2.05, 4.69) is 10.5 Å². The molecule has 9 heteroatoms. The number of carbonyl (C=O) groups is 1. The summed E-state index contributed by atoms with van der Waals surface area (Å²) in [4.78, 5) is 12.6. The van der Waals surface area contributed by atoms with Crippen molar-refractivity contribution in [2.24, 2.45) is 5.10 Å². The summed E-state index contributed by atoms with van der Waals surface area (Å²) in [5, 5.41) is 3.82. The second-order valence-corrected chi connectivity index (χ2v) is 8.73. The molecule has 0 aromatic heterocycles. The third-order valence-corrected chi connectivity index (χ3v) is 6.32. The molecule has 3 rings (SSSR count). The van der Waals surface area contributed by atoms with Crippen molar-refractivity contribution >= 4 is 27.8 Å². The van der Waals surface area contributed by atoms with E-state index in [4.69, 9.17) is 4.74 Å². The van der Waals surface area contributed by atoms with Gasteiger partial charge in [-0.15, -0.1) is 0 Å². The molecule has 7 nitrogen and oxygen atoms in total. The third kappa shape index (κ3) is 5.70. The summed E-state index contributed by atoms with van der Waals surface area (Å²) < 4.78 is 45.7. The van der Waals surface area contributed by atoms with E-state index in [-0.39, 0.29) is 10.7 Å². The maximum atomic E-state index is 13.3. The lowest BCUT2D eigenvalue weighted by Crippen LogP contribution is -2.39. The summed E-state index contributed by atoms with van der Waals surface area (Å²) in [6, 6.07) is 18.2. The van der Waals surface area contributed by atoms with Crippen LogP contribution in [-0.2, 0) is 14.8 Å². The molecule has 0 aliphatic rings. The zero-order valence-corrected chi connectivity index (χ0v) is 18.3. The molecule has 0 fully saturated rings. The Morgan fingerprint density at radius 3 is 2.25 bits per heavy atom. The molecule has 1 N–H and O–H groups in total. The first-order chi connectivity index (χ1) is 15.3. The molecule has 166 valence electrons. The molecule has 0 heterocycles. The van der Waals surface area contributed by atoms with Crippen LogP contribution in [0.5, 0.6) is 5.75 Å². The smallest absolute Gasteiger partial charge is 0.264 e. The van der Waals surface area contributed by atoms with Crippen LogP contribution < -0.4 is 14.5 Å². The monoisotopic (exact) mass is 455 g/mol. The molecule has 0 radical (unpaired) electrons. The molecule has 0 unspecified atom stereocenters. The van der Waals surface area contributed by atoms with Crippen LogP contribution in [0.4, 0.5) is 10.1 Å². The van der Waals surface area contributed by atoms with Crippen LogP contribution in [0.3, 0.4) is 0 Å². The lowest BCUT2D eigenvalue weighted by atomic mass is 10.2. The summed E-state index contributed by atoms with van der Waals surface area (Å²) in [6.07, 6.45) is 1.34. The third-order valence-electron chi connectivity index (χ3n) is 4.53. The van der Waals surface area contributed by atoms with E-state index in [0.29, 0.717) is 17.0 Å². The maximum absolute atomic E-state index is 13.3. The second kappa shape index (κ2) is 10.1. The van der Waals surface area contributed by atoms with Gasteiger partial charge in [-0.05, 0) is 61.0 Å². The van der Waals surface area contributed by atoms with Gasteiger partial charge in [0.25, 0.3) is 15.9 Å². The predicted molar refractivity (Wildman–Crippen MR) is 121 cm³/mol. The van der Waals surface area contributed by atoms with Gasteiger partial charge < -0.3 is 4.74 Å². The fourth-order valence-electron chi connectivity index (χ4n) is 2.79. The normalized spacial score (nSPS) is 11.3. The SMILES string of the molecule is COc1ccc(N(CC(=O)N/N=C/c2ccc(F)cc2)S(=O)(=O)c2ccc(C)cc2)cc1. The maximum Gasteiger partial charge on any atom is 0.264 e. The van der Waals surface area contributed by atoms with Crippen molar-refractivity contribution in [2.45, 2.75) is 11.8 Å². The van der Waals surface area contributed by atoms with Gasteiger partial charge >= 0.3 is 0 Å². The van der Waals surface area contributed by atoms with E-state index in [1.807, 2.05) is 6.92 Å². The van der Waals surface area contributed by atoms with E-state index in [1.165, 1.54) is 49.7 Å². The summed E-state index contributed by atoms with van der Waals surface area (Å²) in [6.45, 7) is 1.35. The number of carbonyl (C=O) groups excluding carboxylic acids is 1. The number of anilines is 1. The molecular formula is C23H22FN3O4S. The molecule has 0 aliphatic heterocycles. The fraction of sp³-hybridized carbons (Fsp3) is 0.130. The van der Waals surface area contributed by atoms with Crippen LogP contribution in [0, 0.1) is 12.7 Å². The Morgan fingerprint density at radius 1 is 1.03 bits per heavy atom. The number of hydrogen-bond donors (Lipinski definition) is 1. The molecule has 0 spiro atoms. The Balaban J connectivity index is 1.83. The lowest BCUT2D eigenvalue weighted by molar-refractivity contribution is -0.119. The molecule has 3 aromatic rings. The minimum absolute atomic E-state index is 0.0570. The number of sulfonamides is 1. The van der Waals surface area contributed by atoms with Crippen molar-refractivity contribution in [1.29, 1.82) is 0 Å². The number of hydrazone groups is 1. The van der Waals surface area contributed by atoms with Crippen LogP contribution in [0.1, 0.15) is 11.1 Å². The number of nitrogens with one attached hydrogen (secondary N) is 1. The Hall–Kier alpha value is -3.72. The van der Waals surface area contributed by atoms with Crippen LogP contribution in [0.2, 0.25) is 0 Å². The number of methoxy groups -OCH3 is 1. The number of nitrogens with zero attached hydrogens (tertiary/aromatic N) is 2. The van der Waals surface area contributed by atoms with Gasteiger partial charge in [0.2, 0.25) is 0 Å². The Labute approximate surface area is 186 Å². The summed E-state index contributed by atoms with van der Waals surface area (Å²) in [5.74, 6) is -0.479. The topological polar surface area (TPSA) is 88.1 Å². The van der Waals surface area contributed by atoms with Crippen molar-refractivity contribution in [3.8, 4) is 5.75 Å². The van der Waals surface area contributed by atoms with Crippen LogP contribution in [0.15, 0.2) is 82.8 Å². The first-order valence-electron chi connectivity index (χ1n) is 9.60. The standard InChI is InChI=1S/C23H22FN3O4S/c1-17-3-13-22(14-4-17)32(29,30)27(20-9-11-21(31-2)12-10-20)16-23(28)26-25-15-18-5-7-19(24)8-6-18/h3-15H,16H2,1-2H3,(H,26,28)/b25-15+. The van der Waals surface area contributed by atoms with Crippen molar-refractivity contribution in [3.63, 3.8) is 0 Å². The summed E-state index contributed by atoms with van der Waals surface area (Å²) >= 11 is 0. The molecule has 0 bridgehead atoms. The largest absolute Gasteiger partial charge is 0.497 e. The van der Waals surface area contributed by atoms with E-state index in [1.54, 1.807) is 36.4 Å². The highest BCUT2D eigenvalue weighted by atomic mass is 32.2. The van der Waals surface area contributed by atoms with Crippen LogP contribution in [0.25, 0.3) is 0 Å². The van der Waals surface area contributed by atoms with Gasteiger partial charge in [0.1, 0.15) is 18.1 Å². The number of aryl methyl sites for hydroxylation is 1. The molecule has 0 saturated carbocycles. The van der Waals surface area contributed by atoms with Crippen molar-refractivity contribution in [3.05, 3.63) is 89.7 Å². The Bertz CT molecular complexity index is 1190. The van der Waals surface area contributed by atoms with Crippen LogP contribution >= 0.6 is 0 Å². The number of benzene rings is 3. The van der Waals surface area contributed by atoms with Crippen molar-refractivity contribution in [1.82, 2.24) is 5.43 Å². The minimum Gasteiger partial charge on any atom is -0.497 e. The van der Waals surface area contributed by atoms with Crippen LogP contribution in [-0.4, -0.2) is 34.2 Å². The number of hydrogen-bond acceptors (Lipinski definition) is 5. The first-order valence-corrected chi connectivity index (χ1v) is 11.0. The van der Waals surface area contributed by atoms with Gasteiger partial charge in [-0.25, -0.2) is 18.2 Å². The van der Waals surface area contributed by atoms with Gasteiger partial charge in [0.05, 0.1) is 23.9 Å². The van der Waals surface area contributed by atoms with E-state index in [0.717, 1.165) is 9.87 Å². The number of amides is 1. The molecule has 0 atom stereocenters. The molecule has 0 saturated heterocycles. The van der Waals surface area contributed by atoms with E-state index < -0.39 is 22.5 Å². The predicted octanol–water partition coefficient (Wildman–Crippen LogP) is 3.49. The van der Waals surface area contributed by atoms with Crippen molar-refractivity contribution in [2.75, 3.05) is 18.0 Å². The lowest BCUT2D eigenvalue weighted by Gasteiger charge is -2.24. The molecule has 0 aliphatic carbocycles. The molecular weight excluding hydrogens is 433 g/mol. The van der Waals surface area contributed by atoms with Gasteiger partial charge in [0, 0.05) is 0 Å². The summed E-state index contributed by atoms with van der Waals surface area (Å²) in [7, 11) is -2.53. The molecule has 3 aromatic carbocycles. The number of ether oxygens (including phenoxy) is 1. The minimum atomic E-state index is -4.03. The Kier molecular flexibility index (Phi) is 7.21. The van der Waals surface area contributed by atoms with Gasteiger partial charge in [0.15, 0.2) is 0 Å². The van der Waals surface area contributed by atoms with E-state index in [9.17, 15) is 17.6 Å². The van der Waals surface area contributed by atoms with Gasteiger partial charge in [-0.1, -0.05) is 29.8 Å². The zero-order chi connectivity index (χ0) is 23.1. The molecule has 32 heavy (non-hydrogen) atoms. The Morgan fingerprint density at radius 2 is 1.66 bits per heavy atom. The highest BCUT2D eigenvalue weighted by Gasteiger charge is 2.27. The van der Waals surface area contributed by atoms with Crippen molar-refractivity contribution < 1.29 is 22.3 Å². The zero-order valence-electron chi connectivity index (χ0n) is 17.5. The molecule has 1 amide bonds. The average Bonchev–Trinajstić information content (AvgIpc) is 2.79. The summed E-state index contributed by atoms with van der Waals surface area (Å²) in [5.41, 5.74) is 4.09.